The first-order valence-corrected chi connectivity index (χ1v) is 20.6. The van der Waals surface area contributed by atoms with Crippen molar-refractivity contribution in [1.29, 1.82) is 0 Å². The van der Waals surface area contributed by atoms with Crippen LogP contribution in [0.1, 0.15) is 44.5 Å². The largest absolute Gasteiger partial charge is 0.456 e. The van der Waals surface area contributed by atoms with Crippen LogP contribution in [0.2, 0.25) is 0 Å². The lowest BCUT2D eigenvalue weighted by molar-refractivity contribution is 0.442. The minimum absolute atomic E-state index is 0.511. The number of benzene rings is 10. The molecule has 0 N–H and O–H groups in total. The minimum Gasteiger partial charge on any atom is -0.456 e. The smallest absolute Gasteiger partial charge is 0.140 e. The summed E-state index contributed by atoms with van der Waals surface area (Å²) in [6.07, 6.45) is 0. The van der Waals surface area contributed by atoms with Crippen LogP contribution in [0.3, 0.4) is 0 Å². The molecule has 59 heavy (non-hydrogen) atoms. The van der Waals surface area contributed by atoms with E-state index in [0.29, 0.717) is 0 Å². The van der Waals surface area contributed by atoms with E-state index in [-0.39, 0.29) is 0 Å². The van der Waals surface area contributed by atoms with Gasteiger partial charge in [0, 0.05) is 16.5 Å². The summed E-state index contributed by atoms with van der Waals surface area (Å²) in [5.74, 6) is 1.84. The summed E-state index contributed by atoms with van der Waals surface area (Å²) in [6, 6.07) is 81.0. The highest BCUT2D eigenvalue weighted by molar-refractivity contribution is 6.04. The molecule has 1 atom stereocenters. The average Bonchev–Trinajstić information content (AvgIpc) is 3.78. The van der Waals surface area contributed by atoms with Gasteiger partial charge in [0.1, 0.15) is 11.5 Å². The summed E-state index contributed by atoms with van der Waals surface area (Å²) in [5, 5.41) is 4.83. The summed E-state index contributed by atoms with van der Waals surface area (Å²) in [7, 11) is 0. The first kappa shape index (κ1) is 32.6. The van der Waals surface area contributed by atoms with Crippen LogP contribution in [0.25, 0.3) is 54.9 Å². The fourth-order valence-corrected chi connectivity index (χ4v) is 11.3. The van der Waals surface area contributed by atoms with E-state index in [1.165, 1.54) is 94.0 Å². The zero-order chi connectivity index (χ0) is 38.7. The lowest BCUT2D eigenvalue weighted by Crippen LogP contribution is -2.32. The predicted molar refractivity (Wildman–Crippen MR) is 242 cm³/mol. The number of rotatable bonds is 3. The Hall–Kier alpha value is -7.48. The van der Waals surface area contributed by atoms with Gasteiger partial charge in [-0.2, -0.15) is 0 Å². The van der Waals surface area contributed by atoms with Crippen molar-refractivity contribution in [2.75, 3.05) is 0 Å². The van der Waals surface area contributed by atoms with Crippen molar-refractivity contribution in [3.8, 4) is 44.9 Å². The maximum atomic E-state index is 7.05. The molecule has 1 nitrogen and oxygen atoms in total. The Balaban J connectivity index is 1.09. The van der Waals surface area contributed by atoms with Gasteiger partial charge >= 0.3 is 0 Å². The van der Waals surface area contributed by atoms with Crippen LogP contribution in [0, 0.1) is 0 Å². The molecule has 13 rings (SSSR count). The lowest BCUT2D eigenvalue weighted by Gasteiger charge is -2.40. The second-order valence-corrected chi connectivity index (χ2v) is 16.2. The first-order chi connectivity index (χ1) is 29.3. The van der Waals surface area contributed by atoms with Crippen molar-refractivity contribution in [3.63, 3.8) is 0 Å². The third kappa shape index (κ3) is 4.14. The average molecular weight is 749 g/mol. The molecule has 1 aliphatic heterocycles. The van der Waals surface area contributed by atoms with Gasteiger partial charge in [-0.15, -0.1) is 0 Å². The van der Waals surface area contributed by atoms with Crippen molar-refractivity contribution >= 4 is 21.5 Å². The van der Waals surface area contributed by atoms with E-state index in [2.05, 4.69) is 218 Å². The zero-order valence-corrected chi connectivity index (χ0v) is 32.2. The standard InChI is InChI=1S/C58H36O/c1-2-17-39(18-3-1)57(49-25-11-10-23-45(49)46-35-32-37-16-4-5-19-41(37)55(46)57)40-33-30-38(31-34-40)48-36-53-56(47-24-7-6-20-42(47)48)59-54-29-15-14-28-52(54)58(53)50-26-12-8-21-43(50)44-22-9-13-27-51(44)58/h1-36H. The van der Waals surface area contributed by atoms with Crippen molar-refractivity contribution < 1.29 is 4.74 Å². The van der Waals surface area contributed by atoms with Gasteiger partial charge in [0.05, 0.1) is 10.8 Å². The summed E-state index contributed by atoms with van der Waals surface area (Å²) in [5.41, 5.74) is 16.6. The van der Waals surface area contributed by atoms with Gasteiger partial charge in [0.2, 0.25) is 0 Å². The Bertz CT molecular complexity index is 3310. The maximum Gasteiger partial charge on any atom is 0.140 e. The molecule has 2 aliphatic carbocycles. The molecule has 0 bridgehead atoms. The van der Waals surface area contributed by atoms with E-state index in [4.69, 9.17) is 4.74 Å². The molecule has 274 valence electrons. The monoisotopic (exact) mass is 748 g/mol. The SMILES string of the molecule is c1ccc(C2(c3ccc(-c4cc5c(c6ccccc46)Oc4ccccc4C54c5ccccc5-c5ccccc54)cc3)c3ccccc3-c3ccc4ccccc4c32)cc1. The quantitative estimate of drug-likeness (QED) is 0.175. The van der Waals surface area contributed by atoms with Gasteiger partial charge in [0.25, 0.3) is 0 Å². The highest BCUT2D eigenvalue weighted by Crippen LogP contribution is 2.64. The molecule has 0 radical (unpaired) electrons. The van der Waals surface area contributed by atoms with Crippen LogP contribution in [0.5, 0.6) is 11.5 Å². The number of para-hydroxylation sites is 1. The number of ether oxygens (including phenoxy) is 1. The van der Waals surface area contributed by atoms with Crippen LogP contribution in [-0.4, -0.2) is 0 Å². The van der Waals surface area contributed by atoms with Crippen LogP contribution < -0.4 is 4.74 Å². The Morgan fingerprint density at radius 2 is 0.831 bits per heavy atom. The molecular weight excluding hydrogens is 713 g/mol. The second-order valence-electron chi connectivity index (χ2n) is 16.2. The molecule has 1 spiro atoms. The van der Waals surface area contributed by atoms with Crippen LogP contribution in [-0.2, 0) is 10.8 Å². The van der Waals surface area contributed by atoms with E-state index < -0.39 is 10.8 Å². The second kappa shape index (κ2) is 12.0. The van der Waals surface area contributed by atoms with Gasteiger partial charge < -0.3 is 4.74 Å². The summed E-state index contributed by atoms with van der Waals surface area (Å²) in [6.45, 7) is 0. The number of hydrogen-bond donors (Lipinski definition) is 0. The van der Waals surface area contributed by atoms with Gasteiger partial charge in [-0.1, -0.05) is 206 Å². The van der Waals surface area contributed by atoms with Gasteiger partial charge in [-0.3, -0.25) is 0 Å². The fraction of sp³-hybridized carbons (Fsp3) is 0.0345. The van der Waals surface area contributed by atoms with E-state index in [1.54, 1.807) is 0 Å². The zero-order valence-electron chi connectivity index (χ0n) is 32.2. The van der Waals surface area contributed by atoms with E-state index in [1.807, 2.05) is 0 Å². The molecule has 0 aromatic heterocycles. The van der Waals surface area contributed by atoms with E-state index in [9.17, 15) is 0 Å². The Labute approximate surface area is 343 Å². The summed E-state index contributed by atoms with van der Waals surface area (Å²) >= 11 is 0. The van der Waals surface area contributed by atoms with Crippen LogP contribution in [0.15, 0.2) is 218 Å². The van der Waals surface area contributed by atoms with Crippen molar-refractivity contribution in [3.05, 3.63) is 263 Å². The maximum absolute atomic E-state index is 7.05. The molecule has 10 aromatic carbocycles. The minimum atomic E-state index is -0.550. The molecular formula is C58H36O. The highest BCUT2D eigenvalue weighted by Gasteiger charge is 2.52. The van der Waals surface area contributed by atoms with Gasteiger partial charge in [-0.25, -0.2) is 0 Å². The molecule has 10 aromatic rings. The Morgan fingerprint density at radius 3 is 1.54 bits per heavy atom. The third-order valence-corrected chi connectivity index (χ3v) is 13.6. The molecule has 1 heterocycles. The first-order valence-electron chi connectivity index (χ1n) is 20.6. The van der Waals surface area contributed by atoms with Crippen LogP contribution in [0.4, 0.5) is 0 Å². The van der Waals surface area contributed by atoms with Gasteiger partial charge in [0.15, 0.2) is 0 Å². The highest BCUT2D eigenvalue weighted by atomic mass is 16.5. The third-order valence-electron chi connectivity index (χ3n) is 13.6. The number of fused-ring (bicyclic) bond motifs is 16. The summed E-state index contributed by atoms with van der Waals surface area (Å²) < 4.78 is 7.05. The fourth-order valence-electron chi connectivity index (χ4n) is 11.3. The molecule has 0 amide bonds. The van der Waals surface area contributed by atoms with Crippen molar-refractivity contribution in [2.45, 2.75) is 10.8 Å². The molecule has 0 saturated carbocycles. The normalized spacial score (nSPS) is 16.1. The molecule has 1 heteroatoms. The van der Waals surface area contributed by atoms with E-state index in [0.717, 1.165) is 16.9 Å². The van der Waals surface area contributed by atoms with E-state index >= 15 is 0 Å². The van der Waals surface area contributed by atoms with Crippen molar-refractivity contribution in [1.82, 2.24) is 0 Å². The molecule has 0 saturated heterocycles. The molecule has 0 fully saturated rings. The topological polar surface area (TPSA) is 9.23 Å². The Morgan fingerprint density at radius 1 is 0.305 bits per heavy atom. The predicted octanol–water partition coefficient (Wildman–Crippen LogP) is 14.5. The number of hydrogen-bond acceptors (Lipinski definition) is 1. The van der Waals surface area contributed by atoms with Crippen LogP contribution >= 0.6 is 0 Å². The lowest BCUT2D eigenvalue weighted by atomic mass is 9.65. The molecule has 3 aliphatic rings. The van der Waals surface area contributed by atoms with Crippen molar-refractivity contribution in [2.24, 2.45) is 0 Å². The van der Waals surface area contributed by atoms with Gasteiger partial charge in [-0.05, 0) is 95.1 Å². The Kier molecular flexibility index (Phi) is 6.64. The molecule has 1 unspecified atom stereocenters. The summed E-state index contributed by atoms with van der Waals surface area (Å²) in [4.78, 5) is 0.